The van der Waals surface area contributed by atoms with Crippen LogP contribution in [0.25, 0.3) is 0 Å². The highest BCUT2D eigenvalue weighted by Crippen LogP contribution is 2.25. The number of aliphatic hydroxyl groups is 1. The van der Waals surface area contributed by atoms with E-state index in [1.807, 2.05) is 0 Å². The van der Waals surface area contributed by atoms with Crippen molar-refractivity contribution in [2.45, 2.75) is 82.8 Å². The molecule has 2 unspecified atom stereocenters. The van der Waals surface area contributed by atoms with E-state index in [1.165, 1.54) is 58.0 Å². The van der Waals surface area contributed by atoms with Crippen LogP contribution in [0, 0.1) is 0 Å². The van der Waals surface area contributed by atoms with Crippen molar-refractivity contribution in [3.8, 4) is 0 Å². The monoisotopic (exact) mass is 268 g/mol. The number of rotatable bonds is 8. The largest absolute Gasteiger partial charge is 0.394 e. The summed E-state index contributed by atoms with van der Waals surface area (Å²) in [6.45, 7) is 7.34. The summed E-state index contributed by atoms with van der Waals surface area (Å²) < 4.78 is 0. The van der Waals surface area contributed by atoms with Crippen molar-refractivity contribution < 1.29 is 5.11 Å². The Hall–Kier alpha value is -0.120. The molecule has 2 atom stereocenters. The first-order valence-corrected chi connectivity index (χ1v) is 8.25. The molecule has 0 radical (unpaired) electrons. The molecule has 2 rings (SSSR count). The van der Waals surface area contributed by atoms with Crippen LogP contribution in [0.2, 0.25) is 0 Å². The number of unbranched alkanes of at least 4 members (excludes halogenated alkanes) is 1. The van der Waals surface area contributed by atoms with Crippen molar-refractivity contribution >= 4 is 0 Å². The van der Waals surface area contributed by atoms with Gasteiger partial charge in [-0.1, -0.05) is 12.8 Å². The summed E-state index contributed by atoms with van der Waals surface area (Å²) in [5, 5.41) is 13.2. The van der Waals surface area contributed by atoms with Gasteiger partial charge in [-0.2, -0.15) is 0 Å². The Balaban J connectivity index is 1.61. The Kier molecular flexibility index (Phi) is 5.67. The molecule has 0 amide bonds. The zero-order chi connectivity index (χ0) is 13.7. The van der Waals surface area contributed by atoms with E-state index in [2.05, 4.69) is 24.1 Å². The molecule has 0 aromatic rings. The minimum atomic E-state index is -0.0469. The molecule has 1 aliphatic carbocycles. The van der Waals surface area contributed by atoms with E-state index in [4.69, 9.17) is 0 Å². The molecule has 1 saturated heterocycles. The Morgan fingerprint density at radius 2 is 2.00 bits per heavy atom. The number of hydrogen-bond acceptors (Lipinski definition) is 3. The van der Waals surface area contributed by atoms with E-state index < -0.39 is 0 Å². The zero-order valence-corrected chi connectivity index (χ0v) is 12.8. The van der Waals surface area contributed by atoms with Crippen molar-refractivity contribution in [2.24, 2.45) is 0 Å². The van der Waals surface area contributed by atoms with Crippen molar-refractivity contribution in [2.75, 3.05) is 19.7 Å². The van der Waals surface area contributed by atoms with Crippen LogP contribution in [0.1, 0.15) is 65.2 Å². The van der Waals surface area contributed by atoms with Gasteiger partial charge in [-0.25, -0.2) is 0 Å². The van der Waals surface area contributed by atoms with Crippen LogP contribution in [0.4, 0.5) is 0 Å². The maximum atomic E-state index is 9.58. The molecule has 0 aromatic heterocycles. The zero-order valence-electron chi connectivity index (χ0n) is 12.8. The summed E-state index contributed by atoms with van der Waals surface area (Å²) in [6.07, 6.45) is 10.3. The number of aliphatic hydroxyl groups excluding tert-OH is 1. The lowest BCUT2D eigenvalue weighted by Crippen LogP contribution is -2.47. The van der Waals surface area contributed by atoms with Gasteiger partial charge in [-0.15, -0.1) is 0 Å². The van der Waals surface area contributed by atoms with Crippen LogP contribution in [0.15, 0.2) is 0 Å². The third-order valence-electron chi connectivity index (χ3n) is 4.84. The predicted octanol–water partition coefficient (Wildman–Crippen LogP) is 2.53. The third-order valence-corrected chi connectivity index (χ3v) is 4.84. The van der Waals surface area contributed by atoms with Gasteiger partial charge >= 0.3 is 0 Å². The molecular weight excluding hydrogens is 236 g/mol. The predicted molar refractivity (Wildman–Crippen MR) is 80.4 cm³/mol. The van der Waals surface area contributed by atoms with Crippen molar-refractivity contribution in [3.05, 3.63) is 0 Å². The second-order valence-electron chi connectivity index (χ2n) is 6.98. The molecule has 3 heteroatoms. The fourth-order valence-corrected chi connectivity index (χ4v) is 3.24. The van der Waals surface area contributed by atoms with E-state index in [-0.39, 0.29) is 12.1 Å². The van der Waals surface area contributed by atoms with Gasteiger partial charge in [0.25, 0.3) is 0 Å². The van der Waals surface area contributed by atoms with Crippen molar-refractivity contribution in [3.63, 3.8) is 0 Å². The average molecular weight is 268 g/mol. The molecular formula is C16H32N2O. The fraction of sp³-hybridized carbons (Fsp3) is 1.00. The second kappa shape index (κ2) is 7.05. The Labute approximate surface area is 118 Å². The summed E-state index contributed by atoms with van der Waals surface area (Å²) >= 11 is 0. The summed E-state index contributed by atoms with van der Waals surface area (Å²) in [5.41, 5.74) is -0.0469. The van der Waals surface area contributed by atoms with Gasteiger partial charge in [0.1, 0.15) is 0 Å². The molecule has 19 heavy (non-hydrogen) atoms. The molecule has 1 aliphatic heterocycles. The standard InChI is InChI=1S/C16H32N2O/c1-14-7-3-5-11-18(14)12-6-4-10-16(2,13-19)17-15-8-9-15/h14-15,17,19H,3-13H2,1-2H3. The van der Waals surface area contributed by atoms with Crippen LogP contribution >= 0.6 is 0 Å². The highest BCUT2D eigenvalue weighted by atomic mass is 16.3. The van der Waals surface area contributed by atoms with Crippen molar-refractivity contribution in [1.29, 1.82) is 0 Å². The average Bonchev–Trinajstić information content (AvgIpc) is 3.20. The van der Waals surface area contributed by atoms with Gasteiger partial charge in [0.2, 0.25) is 0 Å². The molecule has 0 bridgehead atoms. The molecule has 0 aromatic carbocycles. The van der Waals surface area contributed by atoms with Crippen LogP contribution < -0.4 is 5.32 Å². The molecule has 0 spiro atoms. The first kappa shape index (κ1) is 15.3. The minimum Gasteiger partial charge on any atom is -0.394 e. The third kappa shape index (κ3) is 5.05. The normalized spacial score (nSPS) is 28.3. The van der Waals surface area contributed by atoms with Gasteiger partial charge in [0.05, 0.1) is 6.61 Å². The maximum Gasteiger partial charge on any atom is 0.0610 e. The lowest BCUT2D eigenvalue weighted by Gasteiger charge is -2.34. The maximum absolute atomic E-state index is 9.58. The van der Waals surface area contributed by atoms with E-state index in [0.717, 1.165) is 12.5 Å². The van der Waals surface area contributed by atoms with Crippen LogP contribution in [0.3, 0.4) is 0 Å². The molecule has 1 heterocycles. The highest BCUT2D eigenvalue weighted by molar-refractivity contribution is 4.92. The van der Waals surface area contributed by atoms with Crippen LogP contribution in [-0.2, 0) is 0 Å². The molecule has 2 fully saturated rings. The van der Waals surface area contributed by atoms with E-state index >= 15 is 0 Å². The first-order chi connectivity index (χ1) is 9.13. The van der Waals surface area contributed by atoms with Crippen LogP contribution in [-0.4, -0.2) is 47.3 Å². The summed E-state index contributed by atoms with van der Waals surface area (Å²) in [5.74, 6) is 0. The molecule has 2 aliphatic rings. The quantitative estimate of drug-likeness (QED) is 0.664. The van der Waals surface area contributed by atoms with Crippen LogP contribution in [0.5, 0.6) is 0 Å². The summed E-state index contributed by atoms with van der Waals surface area (Å²) in [6, 6.07) is 1.46. The van der Waals surface area contributed by atoms with E-state index in [9.17, 15) is 5.11 Å². The Morgan fingerprint density at radius 1 is 1.21 bits per heavy atom. The number of likely N-dealkylation sites (tertiary alicyclic amines) is 1. The molecule has 112 valence electrons. The smallest absolute Gasteiger partial charge is 0.0610 e. The van der Waals surface area contributed by atoms with Gasteiger partial charge in [0, 0.05) is 17.6 Å². The first-order valence-electron chi connectivity index (χ1n) is 8.25. The lowest BCUT2D eigenvalue weighted by molar-refractivity contribution is 0.143. The van der Waals surface area contributed by atoms with Gasteiger partial charge < -0.3 is 15.3 Å². The summed E-state index contributed by atoms with van der Waals surface area (Å²) in [4.78, 5) is 2.65. The number of piperidine rings is 1. The number of nitrogens with zero attached hydrogens (tertiary/aromatic N) is 1. The van der Waals surface area contributed by atoms with Gasteiger partial charge in [-0.05, 0) is 65.5 Å². The van der Waals surface area contributed by atoms with Crippen molar-refractivity contribution in [1.82, 2.24) is 10.2 Å². The highest BCUT2D eigenvalue weighted by Gasteiger charge is 2.31. The number of nitrogens with one attached hydrogen (secondary N) is 1. The van der Waals surface area contributed by atoms with E-state index in [0.29, 0.717) is 6.04 Å². The molecule has 3 nitrogen and oxygen atoms in total. The minimum absolute atomic E-state index is 0.0469. The SMILES string of the molecule is CC1CCCCN1CCCCC(C)(CO)NC1CC1. The number of hydrogen-bond donors (Lipinski definition) is 2. The second-order valence-corrected chi connectivity index (χ2v) is 6.98. The van der Waals surface area contributed by atoms with Gasteiger partial charge in [0.15, 0.2) is 0 Å². The lowest BCUT2D eigenvalue weighted by atomic mass is 9.95. The summed E-state index contributed by atoms with van der Waals surface area (Å²) in [7, 11) is 0. The Bertz CT molecular complexity index is 267. The molecule has 1 saturated carbocycles. The topological polar surface area (TPSA) is 35.5 Å². The van der Waals surface area contributed by atoms with E-state index in [1.54, 1.807) is 0 Å². The van der Waals surface area contributed by atoms with Gasteiger partial charge in [-0.3, -0.25) is 0 Å². The fourth-order valence-electron chi connectivity index (χ4n) is 3.24. The Morgan fingerprint density at radius 3 is 2.63 bits per heavy atom. The molecule has 2 N–H and O–H groups in total.